The topological polar surface area (TPSA) is 110 Å². The normalized spacial score (nSPS) is 12.6. The average Bonchev–Trinajstić information content (AvgIpc) is 3.01. The summed E-state index contributed by atoms with van der Waals surface area (Å²) in [7, 11) is 3.12. The number of benzene rings is 2. The molecule has 0 bridgehead atoms. The van der Waals surface area contributed by atoms with Crippen molar-refractivity contribution < 1.29 is 23.8 Å². The van der Waals surface area contributed by atoms with E-state index in [1.54, 1.807) is 62.9 Å². The fourth-order valence-corrected chi connectivity index (χ4v) is 5.24. The minimum atomic E-state index is -0.434. The third kappa shape index (κ3) is 5.01. The highest BCUT2D eigenvalue weighted by Crippen LogP contribution is 2.36. The number of fused-ring (bicyclic) bond motifs is 2. The molecule has 9 heteroatoms. The average molecular weight is 562 g/mol. The zero-order chi connectivity index (χ0) is 29.2. The lowest BCUT2D eigenvalue weighted by Gasteiger charge is -2.21. The monoisotopic (exact) mass is 561 g/mol. The maximum absolute atomic E-state index is 13.6. The summed E-state index contributed by atoms with van der Waals surface area (Å²) in [4.78, 5) is 48.6. The number of Topliss-reactive ketones (excluding diaryl/α,β-unsaturated/α-hetero) is 2. The fourth-order valence-electron chi connectivity index (χ4n) is 5.24. The highest BCUT2D eigenvalue weighted by atomic mass is 16.5. The molecule has 0 atom stereocenters. The first-order valence-corrected chi connectivity index (χ1v) is 13.5. The second kappa shape index (κ2) is 11.3. The van der Waals surface area contributed by atoms with Gasteiger partial charge < -0.3 is 14.2 Å². The lowest BCUT2D eigenvalue weighted by Crippen LogP contribution is -2.32. The fraction of sp³-hybridized carbons (Fsp3) is 0.182. The highest BCUT2D eigenvalue weighted by Gasteiger charge is 2.26. The number of rotatable bonds is 8. The van der Waals surface area contributed by atoms with Gasteiger partial charge in [-0.1, -0.05) is 18.2 Å². The van der Waals surface area contributed by atoms with Gasteiger partial charge in [-0.05, 0) is 55.3 Å². The number of para-hydroxylation sites is 1. The van der Waals surface area contributed by atoms with Crippen LogP contribution >= 0.6 is 0 Å². The molecule has 0 spiro atoms. The number of carbonyl (C=O) groups excluding carboxylic acids is 2. The summed E-state index contributed by atoms with van der Waals surface area (Å²) < 4.78 is 18.4. The van der Waals surface area contributed by atoms with Gasteiger partial charge in [0, 0.05) is 46.7 Å². The van der Waals surface area contributed by atoms with E-state index < -0.39 is 11.3 Å². The Morgan fingerprint density at radius 3 is 2.40 bits per heavy atom. The molecule has 0 N–H and O–H groups in total. The quantitative estimate of drug-likeness (QED) is 0.227. The third-order valence-corrected chi connectivity index (χ3v) is 7.31. The molecule has 9 nitrogen and oxygen atoms in total. The number of ketones is 2. The summed E-state index contributed by atoms with van der Waals surface area (Å²) in [5.74, 6) is 1.64. The van der Waals surface area contributed by atoms with Crippen molar-refractivity contribution >= 4 is 22.5 Å². The molecule has 6 rings (SSSR count). The summed E-state index contributed by atoms with van der Waals surface area (Å²) in [6.45, 7) is 0. The summed E-state index contributed by atoms with van der Waals surface area (Å²) in [5.41, 5.74) is 2.39. The van der Waals surface area contributed by atoms with Crippen molar-refractivity contribution in [1.29, 1.82) is 0 Å². The predicted octanol–water partition coefficient (Wildman–Crippen LogP) is 5.53. The van der Waals surface area contributed by atoms with E-state index in [0.717, 1.165) is 5.39 Å². The van der Waals surface area contributed by atoms with Crippen molar-refractivity contribution in [3.8, 4) is 28.7 Å². The molecule has 0 aliphatic heterocycles. The van der Waals surface area contributed by atoms with Crippen LogP contribution < -0.4 is 19.8 Å². The number of hydrogen-bond acceptors (Lipinski definition) is 8. The van der Waals surface area contributed by atoms with Gasteiger partial charge in [0.05, 0.1) is 37.9 Å². The van der Waals surface area contributed by atoms with Gasteiger partial charge in [-0.15, -0.1) is 0 Å². The summed E-state index contributed by atoms with van der Waals surface area (Å²) in [5, 5.41) is 0.728. The molecule has 210 valence electrons. The van der Waals surface area contributed by atoms with Crippen LogP contribution in [0.2, 0.25) is 0 Å². The zero-order valence-corrected chi connectivity index (χ0v) is 23.1. The lowest BCUT2D eigenvalue weighted by atomic mass is 9.91. The van der Waals surface area contributed by atoms with Crippen LogP contribution in [0.25, 0.3) is 16.6 Å². The second-order valence-electron chi connectivity index (χ2n) is 9.89. The van der Waals surface area contributed by atoms with Crippen molar-refractivity contribution in [3.05, 3.63) is 112 Å². The number of ether oxygens (including phenoxy) is 3. The van der Waals surface area contributed by atoms with Gasteiger partial charge in [0.1, 0.15) is 11.5 Å². The van der Waals surface area contributed by atoms with Crippen molar-refractivity contribution in [2.45, 2.75) is 25.7 Å². The van der Waals surface area contributed by atoms with Gasteiger partial charge >= 0.3 is 0 Å². The highest BCUT2D eigenvalue weighted by molar-refractivity contribution is 6.03. The molecule has 1 aliphatic carbocycles. The van der Waals surface area contributed by atoms with Crippen LogP contribution in [-0.2, 0) is 12.8 Å². The Bertz CT molecular complexity index is 1880. The van der Waals surface area contributed by atoms with Gasteiger partial charge in [0.2, 0.25) is 0 Å². The molecule has 0 saturated carbocycles. The van der Waals surface area contributed by atoms with Crippen LogP contribution in [0.15, 0.2) is 83.9 Å². The third-order valence-electron chi connectivity index (χ3n) is 7.31. The lowest BCUT2D eigenvalue weighted by molar-refractivity contribution is 0.0971. The van der Waals surface area contributed by atoms with E-state index in [1.165, 1.54) is 16.8 Å². The van der Waals surface area contributed by atoms with Gasteiger partial charge in [-0.25, -0.2) is 0 Å². The second-order valence-corrected chi connectivity index (χ2v) is 9.89. The molecule has 0 radical (unpaired) electrons. The first-order chi connectivity index (χ1) is 20.5. The Hall–Kier alpha value is -5.31. The van der Waals surface area contributed by atoms with Crippen molar-refractivity contribution in [2.75, 3.05) is 14.2 Å². The summed E-state index contributed by atoms with van der Waals surface area (Å²) >= 11 is 0. The SMILES string of the molecule is COc1cc2nccc(Oc3ccc(CC(=O)c4cc5c(n(-c6ccccc6)c4=O)CCCC5=O)nc3)c2cc1OC. The van der Waals surface area contributed by atoms with Gasteiger partial charge in [-0.2, -0.15) is 0 Å². The smallest absolute Gasteiger partial charge is 0.266 e. The first-order valence-electron chi connectivity index (χ1n) is 13.5. The number of methoxy groups -OCH3 is 2. The van der Waals surface area contributed by atoms with Crippen LogP contribution in [0, 0.1) is 0 Å². The molecule has 0 amide bonds. The number of pyridine rings is 3. The molecule has 0 fully saturated rings. The molecule has 2 aromatic carbocycles. The Morgan fingerprint density at radius 2 is 1.67 bits per heavy atom. The Kier molecular flexibility index (Phi) is 7.23. The Labute approximate surface area is 241 Å². The van der Waals surface area contributed by atoms with E-state index in [0.29, 0.717) is 70.4 Å². The van der Waals surface area contributed by atoms with Crippen molar-refractivity contribution in [2.24, 2.45) is 0 Å². The zero-order valence-electron chi connectivity index (χ0n) is 23.1. The molecule has 0 saturated heterocycles. The molecular formula is C33H27N3O6. The minimum Gasteiger partial charge on any atom is -0.493 e. The Balaban J connectivity index is 1.27. The van der Waals surface area contributed by atoms with Crippen LogP contribution in [0.5, 0.6) is 23.0 Å². The molecule has 3 aromatic heterocycles. The van der Waals surface area contributed by atoms with E-state index in [2.05, 4.69) is 9.97 Å². The van der Waals surface area contributed by atoms with Gasteiger partial charge in [0.25, 0.3) is 5.56 Å². The van der Waals surface area contributed by atoms with E-state index in [1.807, 2.05) is 18.2 Å². The molecule has 0 unspecified atom stereocenters. The van der Waals surface area contributed by atoms with Crippen molar-refractivity contribution in [3.63, 3.8) is 0 Å². The van der Waals surface area contributed by atoms with E-state index >= 15 is 0 Å². The van der Waals surface area contributed by atoms with Crippen LogP contribution in [0.1, 0.15) is 44.9 Å². The van der Waals surface area contributed by atoms with Gasteiger partial charge in [0.15, 0.2) is 23.1 Å². The first kappa shape index (κ1) is 26.9. The largest absolute Gasteiger partial charge is 0.493 e. The standard InChI is InChI=1S/C33H27N3O6/c1-40-31-17-23-26(18-32(31)41-2)34-14-13-30(23)42-22-12-11-20(35-19-22)15-29(38)25-16-24-27(9-6-10-28(24)37)36(33(25)39)21-7-4-3-5-8-21/h3-5,7-8,11-14,16-19H,6,9-10,15H2,1-2H3. The number of aromatic nitrogens is 3. The van der Waals surface area contributed by atoms with Gasteiger partial charge in [-0.3, -0.25) is 28.9 Å². The maximum Gasteiger partial charge on any atom is 0.266 e. The molecular weight excluding hydrogens is 534 g/mol. The minimum absolute atomic E-state index is 0.0254. The molecule has 1 aliphatic rings. The molecule has 5 aromatic rings. The van der Waals surface area contributed by atoms with Crippen LogP contribution in [-0.4, -0.2) is 40.3 Å². The Morgan fingerprint density at radius 1 is 0.881 bits per heavy atom. The summed E-state index contributed by atoms with van der Waals surface area (Å²) in [6.07, 6.45) is 4.70. The number of nitrogens with zero attached hydrogens (tertiary/aromatic N) is 3. The van der Waals surface area contributed by atoms with E-state index in [9.17, 15) is 14.4 Å². The maximum atomic E-state index is 13.6. The van der Waals surface area contributed by atoms with E-state index in [-0.39, 0.29) is 17.8 Å². The van der Waals surface area contributed by atoms with Crippen LogP contribution in [0.4, 0.5) is 0 Å². The predicted molar refractivity (Wildman–Crippen MR) is 156 cm³/mol. The number of hydrogen-bond donors (Lipinski definition) is 0. The molecule has 42 heavy (non-hydrogen) atoms. The van der Waals surface area contributed by atoms with E-state index in [4.69, 9.17) is 14.2 Å². The summed E-state index contributed by atoms with van der Waals surface area (Å²) in [6, 6.07) is 19.3. The number of carbonyl (C=O) groups is 2. The molecule has 3 heterocycles. The van der Waals surface area contributed by atoms with Crippen molar-refractivity contribution in [1.82, 2.24) is 14.5 Å². The van der Waals surface area contributed by atoms with Crippen LogP contribution in [0.3, 0.4) is 0 Å².